The standard InChI is InChI=1S/C20H17FN4O3S.C20H15FN4O2S.C20H13FN4OS/c1-11(26)17(20(28)25-24-19(27)12-3-5-13(21)6-4-12)23-15-7-8-16(22-2)18-14(15)9-10-29-18;1-11(26)17(20-25-24-19(27-20)12-3-5-13(21)6-4-12)23-15-7-8-16(22-2)18-14(15)9-10-28-18;1-3-15(20-25-24-19(26-20)12-4-6-13(21)7-5-12)23-16-8-9-17(22-2)18-14(16)10-11-27-18/h3-11,17,23,26H,1H3,(H,24,27)(H,25,28);3-11,17,23,26H,1H3;3-11,23H,1H3/t2*11-,17+;/m00./s1. The van der Waals surface area contributed by atoms with E-state index in [2.05, 4.69) is 61.7 Å². The fourth-order valence-electron chi connectivity index (χ4n) is 8.27. The number of rotatable bonds is 14. The van der Waals surface area contributed by atoms with Crippen molar-refractivity contribution >= 4 is 116 Å². The van der Waals surface area contributed by atoms with Crippen LogP contribution in [0.5, 0.6) is 0 Å². The minimum Gasteiger partial charge on any atom is -0.418 e. The number of anilines is 3. The van der Waals surface area contributed by atoms with Gasteiger partial charge in [-0.05, 0) is 146 Å². The number of hydrazine groups is 1. The van der Waals surface area contributed by atoms with Gasteiger partial charge in [-0.1, -0.05) is 24.3 Å². The second kappa shape index (κ2) is 26.6. The second-order valence-electron chi connectivity index (χ2n) is 18.1. The lowest BCUT2D eigenvalue weighted by atomic mass is 10.1. The van der Waals surface area contributed by atoms with Gasteiger partial charge in [0.1, 0.15) is 29.5 Å². The molecule has 11 rings (SSSR count). The van der Waals surface area contributed by atoms with Crippen molar-refractivity contribution in [2.45, 2.75) is 45.1 Å². The van der Waals surface area contributed by atoms with Crippen LogP contribution in [-0.2, 0) is 4.79 Å². The lowest BCUT2D eigenvalue weighted by Gasteiger charge is -2.22. The molecule has 0 aliphatic rings. The number of carbonyl (C=O) groups is 2. The van der Waals surface area contributed by atoms with Crippen LogP contribution in [0.15, 0.2) is 158 Å². The molecule has 0 bridgehead atoms. The smallest absolute Gasteiger partial charge is 0.269 e. The number of hydrogen-bond acceptors (Lipinski definition) is 16. The molecule has 0 aliphatic heterocycles. The molecule has 0 fully saturated rings. The number of allylic oxidation sites excluding steroid dienone is 1. The maximum Gasteiger partial charge on any atom is 0.269 e. The molecular weight excluding hydrogens is 1140 g/mol. The van der Waals surface area contributed by atoms with Crippen molar-refractivity contribution in [2.75, 3.05) is 16.0 Å². The monoisotopic (exact) mass is 1180 g/mol. The molecule has 0 unspecified atom stereocenters. The predicted octanol–water partition coefficient (Wildman–Crippen LogP) is 14.5. The summed E-state index contributed by atoms with van der Waals surface area (Å²) in [7, 11) is 0. The van der Waals surface area contributed by atoms with Crippen molar-refractivity contribution in [3.05, 3.63) is 219 Å². The molecule has 6 aromatic carbocycles. The molecule has 84 heavy (non-hydrogen) atoms. The second-order valence-corrected chi connectivity index (χ2v) is 20.8. The molecule has 24 heteroatoms. The summed E-state index contributed by atoms with van der Waals surface area (Å²) in [6, 6.07) is 31.0. The van der Waals surface area contributed by atoms with E-state index in [9.17, 15) is 33.0 Å². The lowest BCUT2D eigenvalue weighted by molar-refractivity contribution is -0.124. The highest BCUT2D eigenvalue weighted by Gasteiger charge is 2.27. The third-order valence-electron chi connectivity index (χ3n) is 12.5. The fourth-order valence-corrected chi connectivity index (χ4v) is 10.9. The molecule has 4 atom stereocenters. The molecule has 0 spiro atoms. The predicted molar refractivity (Wildman–Crippen MR) is 320 cm³/mol. The number of amides is 2. The largest absolute Gasteiger partial charge is 0.418 e. The van der Waals surface area contributed by atoms with Crippen LogP contribution in [0.4, 0.5) is 47.3 Å². The normalized spacial score (nSPS) is 12.5. The lowest BCUT2D eigenvalue weighted by Crippen LogP contribution is -2.52. The van der Waals surface area contributed by atoms with Gasteiger partial charge in [-0.15, -0.1) is 20.4 Å². The zero-order valence-electron chi connectivity index (χ0n) is 44.3. The van der Waals surface area contributed by atoms with Crippen LogP contribution in [0.25, 0.3) is 73.4 Å². The van der Waals surface area contributed by atoms with Gasteiger partial charge in [-0.2, -0.15) is 34.0 Å². The Kier molecular flexibility index (Phi) is 18.5. The molecule has 11 aromatic rings. The van der Waals surface area contributed by atoms with Crippen molar-refractivity contribution in [1.29, 1.82) is 0 Å². The highest BCUT2D eigenvalue weighted by atomic mass is 32.1. The molecule has 0 saturated carbocycles. The first kappa shape index (κ1) is 58.4. The Morgan fingerprint density at radius 3 is 1.49 bits per heavy atom. The Hall–Kier alpha value is -10.3. The van der Waals surface area contributed by atoms with Gasteiger partial charge in [-0.3, -0.25) is 20.4 Å². The average Bonchev–Trinajstić information content (AvgIpc) is 4.48. The van der Waals surface area contributed by atoms with Crippen molar-refractivity contribution < 1.29 is 41.8 Å². The third kappa shape index (κ3) is 13.4. The van der Waals surface area contributed by atoms with E-state index in [4.69, 9.17) is 28.6 Å². The van der Waals surface area contributed by atoms with E-state index < -0.39 is 41.9 Å². The molecule has 0 saturated heterocycles. The number of carbonyl (C=O) groups excluding carboxylic acids is 2. The van der Waals surface area contributed by atoms with Gasteiger partial charge in [0.25, 0.3) is 17.7 Å². The first-order valence-corrected chi connectivity index (χ1v) is 27.8. The van der Waals surface area contributed by atoms with Gasteiger partial charge in [0.05, 0.1) is 37.6 Å². The number of nitrogens with one attached hydrogen (secondary N) is 5. The van der Waals surface area contributed by atoms with Crippen LogP contribution in [0.2, 0.25) is 0 Å². The highest BCUT2D eigenvalue weighted by molar-refractivity contribution is 7.18. The molecule has 0 radical (unpaired) electrons. The Bertz CT molecular complexity index is 4310. The molecule has 2 amide bonds. The molecule has 420 valence electrons. The van der Waals surface area contributed by atoms with Crippen molar-refractivity contribution in [3.8, 4) is 22.9 Å². The van der Waals surface area contributed by atoms with E-state index in [0.29, 0.717) is 51.4 Å². The number of hydrogen-bond donors (Lipinski definition) is 7. The molecule has 18 nitrogen and oxygen atoms in total. The summed E-state index contributed by atoms with van der Waals surface area (Å²) in [6.45, 7) is 26.7. The van der Waals surface area contributed by atoms with E-state index in [1.165, 1.54) is 77.3 Å². The number of benzene rings is 6. The molecule has 5 heterocycles. The Morgan fingerprint density at radius 2 is 1.01 bits per heavy atom. The first-order chi connectivity index (χ1) is 40.7. The van der Waals surface area contributed by atoms with Gasteiger partial charge in [0, 0.05) is 64.0 Å². The highest BCUT2D eigenvalue weighted by Crippen LogP contribution is 2.40. The van der Waals surface area contributed by atoms with E-state index >= 15 is 0 Å². The van der Waals surface area contributed by atoms with Crippen molar-refractivity contribution in [3.63, 3.8) is 0 Å². The number of halogens is 3. The van der Waals surface area contributed by atoms with Crippen LogP contribution in [-0.4, -0.2) is 60.7 Å². The van der Waals surface area contributed by atoms with Gasteiger partial charge >= 0.3 is 0 Å². The Balaban J connectivity index is 0.000000151. The quantitative estimate of drug-likeness (QED) is 0.0398. The fraction of sp³-hybridized carbons (Fsp3) is 0.117. The average molecular weight is 1180 g/mol. The first-order valence-electron chi connectivity index (χ1n) is 25.2. The van der Waals surface area contributed by atoms with Crippen LogP contribution >= 0.6 is 34.0 Å². The van der Waals surface area contributed by atoms with Gasteiger partial charge < -0.3 is 35.0 Å². The zero-order chi connectivity index (χ0) is 59.4. The van der Waals surface area contributed by atoms with Crippen LogP contribution in [0, 0.1) is 37.2 Å². The molecule has 5 aromatic heterocycles. The summed E-state index contributed by atoms with van der Waals surface area (Å²) in [4.78, 5) is 35.2. The summed E-state index contributed by atoms with van der Waals surface area (Å²) < 4.78 is 53.2. The third-order valence-corrected chi connectivity index (χ3v) is 15.3. The SMILES string of the molecule is [C-]#[N+]c1ccc(NC(=CC)c2nnc(-c3ccc(F)cc3)o2)c2ccsc12.[C-]#[N+]c1ccc(N[C@@H](C(=O)NNC(=O)c2ccc(F)cc2)[C@H](C)O)c2ccsc12.[C-]#[N+]c1ccc(N[C@@H](c2nnc(-c3ccc(F)cc3)o2)[C@H](C)O)c2ccsc12. The van der Waals surface area contributed by atoms with Gasteiger partial charge in [0.2, 0.25) is 34.7 Å². The van der Waals surface area contributed by atoms with E-state index in [0.717, 1.165) is 53.8 Å². The minimum atomic E-state index is -1.08. The number of thiophene rings is 3. The minimum absolute atomic E-state index is 0.169. The van der Waals surface area contributed by atoms with E-state index in [1.807, 2.05) is 53.4 Å². The molecule has 0 aliphatic carbocycles. The number of aromatic nitrogens is 4. The zero-order valence-corrected chi connectivity index (χ0v) is 46.7. The molecule has 7 N–H and O–H groups in total. The van der Waals surface area contributed by atoms with Crippen molar-refractivity contribution in [1.82, 2.24) is 31.2 Å². The van der Waals surface area contributed by atoms with E-state index in [-0.39, 0.29) is 29.0 Å². The van der Waals surface area contributed by atoms with E-state index in [1.54, 1.807) is 61.5 Å². The maximum atomic E-state index is 13.1. The molecular formula is C60H45F3N12O6S3. The summed E-state index contributed by atoms with van der Waals surface area (Å²) >= 11 is 4.43. The van der Waals surface area contributed by atoms with Crippen molar-refractivity contribution in [2.24, 2.45) is 0 Å². The Labute approximate surface area is 489 Å². The number of fused-ring (bicyclic) bond motifs is 3. The summed E-state index contributed by atoms with van der Waals surface area (Å²) in [5.74, 6) is -1.33. The van der Waals surface area contributed by atoms with Crippen LogP contribution < -0.4 is 26.8 Å². The maximum absolute atomic E-state index is 13.1. The number of nitrogens with zero attached hydrogens (tertiary/aromatic N) is 7. The van der Waals surface area contributed by atoms with Gasteiger partial charge in [-0.25, -0.2) is 27.7 Å². The number of aliphatic hydroxyl groups excluding tert-OH is 2. The topological polar surface area (TPSA) is 226 Å². The van der Waals surface area contributed by atoms with Crippen LogP contribution in [0.1, 0.15) is 49.0 Å². The Morgan fingerprint density at radius 1 is 0.560 bits per heavy atom. The van der Waals surface area contributed by atoms with Gasteiger partial charge in [0.15, 0.2) is 0 Å². The summed E-state index contributed by atoms with van der Waals surface area (Å²) in [5, 5.41) is 54.4. The van der Waals surface area contributed by atoms with Crippen LogP contribution in [0.3, 0.4) is 0 Å². The number of aliphatic hydroxyl groups is 2. The summed E-state index contributed by atoms with van der Waals surface area (Å²) in [5.41, 5.74) is 10.5. The summed E-state index contributed by atoms with van der Waals surface area (Å²) in [6.07, 6.45) is -0.0640.